The SMILES string of the molecule is CCO[Si](C)(OC(C)C1CCCCCC1)C(C)C. The van der Waals surface area contributed by atoms with Gasteiger partial charge in [0.15, 0.2) is 0 Å². The highest BCUT2D eigenvalue weighted by molar-refractivity contribution is 6.67. The third kappa shape index (κ3) is 4.67. The fraction of sp³-hybridized carbons (Fsp3) is 1.00. The second-order valence-corrected chi connectivity index (χ2v) is 9.89. The minimum Gasteiger partial charge on any atom is -0.394 e. The lowest BCUT2D eigenvalue weighted by Crippen LogP contribution is -2.46. The van der Waals surface area contributed by atoms with Crippen molar-refractivity contribution in [3.8, 4) is 0 Å². The fourth-order valence-corrected chi connectivity index (χ4v) is 5.05. The second kappa shape index (κ2) is 7.66. The molecule has 18 heavy (non-hydrogen) atoms. The van der Waals surface area contributed by atoms with Gasteiger partial charge in [0.05, 0.1) is 0 Å². The second-order valence-electron chi connectivity index (χ2n) is 6.18. The predicted octanol–water partition coefficient (Wildman–Crippen LogP) is 4.88. The number of hydrogen-bond acceptors (Lipinski definition) is 2. The maximum atomic E-state index is 6.45. The van der Waals surface area contributed by atoms with Gasteiger partial charge in [0.1, 0.15) is 0 Å². The van der Waals surface area contributed by atoms with Crippen LogP contribution in [0.15, 0.2) is 0 Å². The van der Waals surface area contributed by atoms with E-state index in [2.05, 4.69) is 34.2 Å². The summed E-state index contributed by atoms with van der Waals surface area (Å²) in [5.74, 6) is 0.749. The summed E-state index contributed by atoms with van der Waals surface area (Å²) in [7, 11) is -1.99. The fourth-order valence-electron chi connectivity index (χ4n) is 2.87. The van der Waals surface area contributed by atoms with Crippen LogP contribution in [0.1, 0.15) is 66.2 Å². The van der Waals surface area contributed by atoms with Gasteiger partial charge in [0, 0.05) is 12.7 Å². The Balaban J connectivity index is 2.56. The summed E-state index contributed by atoms with van der Waals surface area (Å²) in [6, 6.07) is 0. The average Bonchev–Trinajstić information content (AvgIpc) is 2.57. The summed E-state index contributed by atoms with van der Waals surface area (Å²) < 4.78 is 12.5. The Kier molecular flexibility index (Phi) is 6.89. The normalized spacial score (nSPS) is 23.7. The van der Waals surface area contributed by atoms with Gasteiger partial charge in [-0.1, -0.05) is 39.5 Å². The average molecular weight is 273 g/mol. The van der Waals surface area contributed by atoms with Crippen LogP contribution in [0.2, 0.25) is 12.1 Å². The minimum atomic E-state index is -1.99. The van der Waals surface area contributed by atoms with Crippen LogP contribution in [0.25, 0.3) is 0 Å². The molecule has 0 bridgehead atoms. The van der Waals surface area contributed by atoms with Crippen LogP contribution in [0.4, 0.5) is 0 Å². The Morgan fingerprint density at radius 2 is 1.61 bits per heavy atom. The van der Waals surface area contributed by atoms with Crippen LogP contribution >= 0.6 is 0 Å². The van der Waals surface area contributed by atoms with Gasteiger partial charge in [0.2, 0.25) is 0 Å². The quantitative estimate of drug-likeness (QED) is 0.507. The van der Waals surface area contributed by atoms with Crippen molar-refractivity contribution >= 4 is 8.56 Å². The van der Waals surface area contributed by atoms with E-state index < -0.39 is 8.56 Å². The van der Waals surface area contributed by atoms with Crippen molar-refractivity contribution in [3.05, 3.63) is 0 Å². The van der Waals surface area contributed by atoms with Crippen molar-refractivity contribution < 1.29 is 8.85 Å². The molecule has 0 aromatic heterocycles. The highest BCUT2D eigenvalue weighted by Crippen LogP contribution is 2.31. The monoisotopic (exact) mass is 272 g/mol. The molecule has 0 aromatic carbocycles. The van der Waals surface area contributed by atoms with Gasteiger partial charge in [-0.2, -0.15) is 0 Å². The van der Waals surface area contributed by atoms with Crippen LogP contribution in [0, 0.1) is 5.92 Å². The summed E-state index contributed by atoms with van der Waals surface area (Å²) in [6.45, 7) is 11.8. The Morgan fingerprint density at radius 3 is 2.06 bits per heavy atom. The lowest BCUT2D eigenvalue weighted by Gasteiger charge is -2.36. The van der Waals surface area contributed by atoms with Gasteiger partial charge in [-0.15, -0.1) is 0 Å². The van der Waals surface area contributed by atoms with Crippen molar-refractivity contribution in [1.29, 1.82) is 0 Å². The number of rotatable bonds is 6. The molecule has 1 fully saturated rings. The van der Waals surface area contributed by atoms with E-state index >= 15 is 0 Å². The highest BCUT2D eigenvalue weighted by atomic mass is 28.4. The predicted molar refractivity (Wildman–Crippen MR) is 80.1 cm³/mol. The summed E-state index contributed by atoms with van der Waals surface area (Å²) >= 11 is 0. The maximum Gasteiger partial charge on any atom is 0.337 e. The highest BCUT2D eigenvalue weighted by Gasteiger charge is 2.38. The van der Waals surface area contributed by atoms with Gasteiger partial charge < -0.3 is 8.85 Å². The summed E-state index contributed by atoms with van der Waals surface area (Å²) in [5.41, 5.74) is 0.519. The molecule has 2 nitrogen and oxygen atoms in total. The molecule has 0 amide bonds. The lowest BCUT2D eigenvalue weighted by atomic mass is 9.95. The van der Waals surface area contributed by atoms with E-state index in [9.17, 15) is 0 Å². The molecule has 0 radical (unpaired) electrons. The molecule has 0 saturated heterocycles. The molecule has 1 aliphatic carbocycles. The van der Waals surface area contributed by atoms with Crippen molar-refractivity contribution in [3.63, 3.8) is 0 Å². The van der Waals surface area contributed by atoms with E-state index in [4.69, 9.17) is 8.85 Å². The molecule has 3 heteroatoms. The Morgan fingerprint density at radius 1 is 1.06 bits per heavy atom. The first kappa shape index (κ1) is 16.2. The van der Waals surface area contributed by atoms with Crippen molar-refractivity contribution in [2.24, 2.45) is 5.92 Å². The molecule has 1 rings (SSSR count). The molecular weight excluding hydrogens is 240 g/mol. The third-order valence-electron chi connectivity index (χ3n) is 4.46. The van der Waals surface area contributed by atoms with Crippen molar-refractivity contribution in [2.75, 3.05) is 6.61 Å². The van der Waals surface area contributed by atoms with Gasteiger partial charge >= 0.3 is 8.56 Å². The van der Waals surface area contributed by atoms with Crippen molar-refractivity contribution in [1.82, 2.24) is 0 Å². The van der Waals surface area contributed by atoms with Crippen molar-refractivity contribution in [2.45, 2.75) is 84.4 Å². The van der Waals surface area contributed by atoms with Crippen LogP contribution in [0.5, 0.6) is 0 Å². The van der Waals surface area contributed by atoms with Crippen LogP contribution < -0.4 is 0 Å². The molecule has 0 heterocycles. The molecule has 0 aromatic rings. The van der Waals surface area contributed by atoms with E-state index in [1.54, 1.807) is 0 Å². The van der Waals surface area contributed by atoms with Crippen LogP contribution in [-0.4, -0.2) is 21.3 Å². The molecule has 0 N–H and O–H groups in total. The lowest BCUT2D eigenvalue weighted by molar-refractivity contribution is 0.0788. The minimum absolute atomic E-state index is 0.369. The molecule has 2 unspecified atom stereocenters. The van der Waals surface area contributed by atoms with E-state index in [1.165, 1.54) is 38.5 Å². The van der Waals surface area contributed by atoms with E-state index in [1.807, 2.05) is 0 Å². The largest absolute Gasteiger partial charge is 0.394 e. The zero-order chi connectivity index (χ0) is 13.6. The van der Waals surface area contributed by atoms with Gasteiger partial charge in [-0.05, 0) is 44.7 Å². The molecule has 0 spiro atoms. The third-order valence-corrected chi connectivity index (χ3v) is 8.26. The summed E-state index contributed by atoms with van der Waals surface area (Å²) in [6.07, 6.45) is 8.64. The van der Waals surface area contributed by atoms with Crippen LogP contribution in [0.3, 0.4) is 0 Å². The molecule has 2 atom stereocenters. The topological polar surface area (TPSA) is 18.5 Å². The zero-order valence-corrected chi connectivity index (χ0v) is 14.0. The van der Waals surface area contributed by atoms with Gasteiger partial charge in [0.25, 0.3) is 0 Å². The van der Waals surface area contributed by atoms with E-state index in [0.29, 0.717) is 11.6 Å². The van der Waals surface area contributed by atoms with Gasteiger partial charge in [-0.25, -0.2) is 0 Å². The summed E-state index contributed by atoms with van der Waals surface area (Å²) in [4.78, 5) is 0. The van der Waals surface area contributed by atoms with E-state index in [-0.39, 0.29) is 0 Å². The molecule has 108 valence electrons. The molecular formula is C15H32O2Si. The van der Waals surface area contributed by atoms with Crippen LogP contribution in [-0.2, 0) is 8.85 Å². The Labute approximate surface area is 115 Å². The number of hydrogen-bond donors (Lipinski definition) is 0. The van der Waals surface area contributed by atoms with E-state index in [0.717, 1.165) is 12.5 Å². The molecule has 1 saturated carbocycles. The summed E-state index contributed by atoms with van der Waals surface area (Å²) in [5, 5.41) is 0. The Bertz CT molecular complexity index is 225. The first-order valence-electron chi connectivity index (χ1n) is 7.81. The van der Waals surface area contributed by atoms with Gasteiger partial charge in [-0.3, -0.25) is 0 Å². The standard InChI is InChI=1S/C15H32O2Si/c1-6-16-18(5,13(2)3)17-14(4)15-11-9-7-8-10-12-15/h13-15H,6-12H2,1-5H3. The maximum absolute atomic E-state index is 6.45. The zero-order valence-electron chi connectivity index (χ0n) is 13.0. The molecule has 0 aliphatic heterocycles. The first-order chi connectivity index (χ1) is 8.49. The molecule has 1 aliphatic rings. The Hall–Kier alpha value is 0.137. The smallest absolute Gasteiger partial charge is 0.337 e. The first-order valence-corrected chi connectivity index (χ1v) is 10.2.